The number of esters is 1. The maximum atomic E-state index is 12.5. The van der Waals surface area contributed by atoms with Crippen molar-refractivity contribution >= 4 is 11.9 Å². The average molecular weight is 1120 g/mol. The normalized spacial score (nSPS) is 12.8. The van der Waals surface area contributed by atoms with Crippen molar-refractivity contribution in [2.45, 2.75) is 398 Å². The van der Waals surface area contributed by atoms with E-state index in [1.807, 2.05) is 0 Å². The standard InChI is InChI=1S/C74H139NO5/c1-3-5-7-9-11-13-15-17-19-21-22-32-35-38-42-46-50-54-58-62-66-72(77)71(70-76)75-73(78)67-63-59-55-51-47-43-39-36-33-30-28-26-24-23-25-27-29-31-34-37-41-45-49-53-57-61-65-69-80-74(79)68-64-60-56-52-48-44-40-20-18-16-14-12-10-8-6-4-2/h14,16,20,23-24,27,29,40,71-72,76-77H,3-13,15,17-19,21-22,25-26,28,30-39,41-70H2,1-2H3,(H,75,78)/b16-14-,24-23-,29-27-,40-20-. The molecular formula is C74H139NO5. The lowest BCUT2D eigenvalue weighted by Crippen LogP contribution is -2.45. The maximum absolute atomic E-state index is 12.5. The third-order valence-electron chi connectivity index (χ3n) is 16.6. The van der Waals surface area contributed by atoms with Crippen molar-refractivity contribution in [1.82, 2.24) is 5.32 Å². The second kappa shape index (κ2) is 69.3. The van der Waals surface area contributed by atoms with Gasteiger partial charge in [0.1, 0.15) is 0 Å². The highest BCUT2D eigenvalue weighted by Crippen LogP contribution is 2.18. The van der Waals surface area contributed by atoms with Crippen LogP contribution in [0.25, 0.3) is 0 Å². The molecule has 0 fully saturated rings. The van der Waals surface area contributed by atoms with Gasteiger partial charge in [-0.2, -0.15) is 0 Å². The molecule has 2 atom stereocenters. The Balaban J connectivity index is 3.43. The minimum atomic E-state index is -0.668. The van der Waals surface area contributed by atoms with Gasteiger partial charge in [-0.15, -0.1) is 0 Å². The first-order chi connectivity index (χ1) is 39.5. The predicted octanol–water partition coefficient (Wildman–Crippen LogP) is 23.3. The van der Waals surface area contributed by atoms with Crippen LogP contribution in [-0.2, 0) is 14.3 Å². The highest BCUT2D eigenvalue weighted by atomic mass is 16.5. The van der Waals surface area contributed by atoms with Crippen LogP contribution in [0.1, 0.15) is 386 Å². The molecule has 0 bridgehead atoms. The number of aliphatic hydroxyl groups excluding tert-OH is 2. The number of unbranched alkanes of at least 4 members (excludes halogenated alkanes) is 48. The molecule has 80 heavy (non-hydrogen) atoms. The topological polar surface area (TPSA) is 95.9 Å². The molecule has 0 aliphatic heterocycles. The lowest BCUT2D eigenvalue weighted by molar-refractivity contribution is -0.143. The van der Waals surface area contributed by atoms with Crippen molar-refractivity contribution in [1.29, 1.82) is 0 Å². The zero-order valence-electron chi connectivity index (χ0n) is 53.8. The van der Waals surface area contributed by atoms with Gasteiger partial charge in [-0.25, -0.2) is 0 Å². The first-order valence-electron chi connectivity index (χ1n) is 35.9. The summed E-state index contributed by atoms with van der Waals surface area (Å²) in [5.74, 6) is -0.0375. The van der Waals surface area contributed by atoms with Gasteiger partial charge in [0, 0.05) is 12.8 Å². The zero-order valence-corrected chi connectivity index (χ0v) is 53.8. The summed E-state index contributed by atoms with van der Waals surface area (Å²) in [5, 5.41) is 23.4. The van der Waals surface area contributed by atoms with E-state index in [9.17, 15) is 19.8 Å². The van der Waals surface area contributed by atoms with Gasteiger partial charge in [0.15, 0.2) is 0 Å². The first kappa shape index (κ1) is 77.8. The number of carbonyl (C=O) groups is 2. The van der Waals surface area contributed by atoms with Crippen molar-refractivity contribution in [3.05, 3.63) is 48.6 Å². The van der Waals surface area contributed by atoms with Crippen molar-refractivity contribution in [3.8, 4) is 0 Å². The molecule has 0 radical (unpaired) electrons. The number of allylic oxidation sites excluding steroid dienone is 8. The average Bonchev–Trinajstić information content (AvgIpc) is 3.46. The van der Waals surface area contributed by atoms with Gasteiger partial charge in [0.05, 0.1) is 25.4 Å². The van der Waals surface area contributed by atoms with E-state index in [-0.39, 0.29) is 18.5 Å². The lowest BCUT2D eigenvalue weighted by Gasteiger charge is -2.22. The van der Waals surface area contributed by atoms with Gasteiger partial charge in [-0.1, -0.05) is 332 Å². The van der Waals surface area contributed by atoms with Gasteiger partial charge in [-0.05, 0) is 89.9 Å². The highest BCUT2D eigenvalue weighted by molar-refractivity contribution is 5.76. The van der Waals surface area contributed by atoms with Crippen molar-refractivity contribution in [2.24, 2.45) is 0 Å². The summed E-state index contributed by atoms with van der Waals surface area (Å²) in [5.41, 5.74) is 0. The van der Waals surface area contributed by atoms with E-state index >= 15 is 0 Å². The molecule has 470 valence electrons. The van der Waals surface area contributed by atoms with Gasteiger partial charge in [0.2, 0.25) is 5.91 Å². The molecular weight excluding hydrogens is 983 g/mol. The summed E-state index contributed by atoms with van der Waals surface area (Å²) in [6.45, 7) is 4.95. The number of hydrogen-bond donors (Lipinski definition) is 3. The molecule has 0 rings (SSSR count). The van der Waals surface area contributed by atoms with Crippen LogP contribution in [0, 0.1) is 0 Å². The molecule has 0 aromatic heterocycles. The number of rotatable bonds is 67. The first-order valence-corrected chi connectivity index (χ1v) is 35.9. The summed E-state index contributed by atoms with van der Waals surface area (Å²) in [7, 11) is 0. The minimum Gasteiger partial charge on any atom is -0.466 e. The van der Waals surface area contributed by atoms with Gasteiger partial charge in [0.25, 0.3) is 0 Å². The minimum absolute atomic E-state index is 0.00257. The Morgan fingerprint density at radius 3 is 0.963 bits per heavy atom. The van der Waals surface area contributed by atoms with Gasteiger partial charge in [-0.3, -0.25) is 9.59 Å². The Labute approximate surface area is 499 Å². The molecule has 2 unspecified atom stereocenters. The summed E-state index contributed by atoms with van der Waals surface area (Å²) in [6, 6.07) is -0.546. The Bertz CT molecular complexity index is 1340. The maximum Gasteiger partial charge on any atom is 0.305 e. The summed E-state index contributed by atoms with van der Waals surface area (Å²) < 4.78 is 5.48. The van der Waals surface area contributed by atoms with Crippen LogP contribution in [0.5, 0.6) is 0 Å². The molecule has 0 aliphatic carbocycles. The van der Waals surface area contributed by atoms with E-state index in [4.69, 9.17) is 4.74 Å². The molecule has 0 spiro atoms. The Morgan fingerprint density at radius 2 is 0.625 bits per heavy atom. The molecule has 0 aliphatic rings. The second-order valence-corrected chi connectivity index (χ2v) is 24.6. The molecule has 0 aromatic rings. The van der Waals surface area contributed by atoms with Crippen molar-refractivity contribution in [3.63, 3.8) is 0 Å². The van der Waals surface area contributed by atoms with Crippen molar-refractivity contribution in [2.75, 3.05) is 13.2 Å². The van der Waals surface area contributed by atoms with Crippen LogP contribution in [0.3, 0.4) is 0 Å². The van der Waals surface area contributed by atoms with E-state index in [0.717, 1.165) is 57.8 Å². The molecule has 0 saturated heterocycles. The predicted molar refractivity (Wildman–Crippen MR) is 352 cm³/mol. The lowest BCUT2D eigenvalue weighted by atomic mass is 10.0. The SMILES string of the molecule is CCCCCC/C=C\C/C=C\CCCCCCCC(=O)OCCCCCCCCCCC/C=C\C/C=C\CCCCCCCCCCCCCC(=O)NC(CO)C(O)CCCCCCCCCCCCCCCCCCCCCC. The van der Waals surface area contributed by atoms with Gasteiger partial charge < -0.3 is 20.3 Å². The molecule has 0 saturated carbocycles. The highest BCUT2D eigenvalue weighted by Gasteiger charge is 2.20. The van der Waals surface area contributed by atoms with Crippen molar-refractivity contribution < 1.29 is 24.5 Å². The number of aliphatic hydroxyl groups is 2. The van der Waals surface area contributed by atoms with E-state index < -0.39 is 12.1 Å². The van der Waals surface area contributed by atoms with Crippen LogP contribution < -0.4 is 5.32 Å². The van der Waals surface area contributed by atoms with E-state index in [1.54, 1.807) is 0 Å². The fraction of sp³-hybridized carbons (Fsp3) is 0.865. The number of hydrogen-bond acceptors (Lipinski definition) is 5. The quantitative estimate of drug-likeness (QED) is 0.0320. The van der Waals surface area contributed by atoms with E-state index in [1.165, 1.54) is 295 Å². The van der Waals surface area contributed by atoms with Crippen LogP contribution in [0.2, 0.25) is 0 Å². The van der Waals surface area contributed by atoms with Gasteiger partial charge >= 0.3 is 5.97 Å². The Hall–Kier alpha value is -2.18. The number of nitrogens with one attached hydrogen (secondary N) is 1. The second-order valence-electron chi connectivity index (χ2n) is 24.6. The molecule has 1 amide bonds. The Morgan fingerprint density at radius 1 is 0.350 bits per heavy atom. The summed E-state index contributed by atoms with van der Waals surface area (Å²) in [6.07, 6.45) is 90.1. The molecule has 0 aromatic carbocycles. The van der Waals surface area contributed by atoms with Crippen LogP contribution in [-0.4, -0.2) is 47.4 Å². The third kappa shape index (κ3) is 65.0. The fourth-order valence-corrected chi connectivity index (χ4v) is 11.1. The Kier molecular flexibility index (Phi) is 67.4. The number of amides is 1. The van der Waals surface area contributed by atoms with E-state index in [2.05, 4.69) is 67.8 Å². The number of carbonyl (C=O) groups excluding carboxylic acids is 2. The fourth-order valence-electron chi connectivity index (χ4n) is 11.1. The summed E-state index contributed by atoms with van der Waals surface area (Å²) in [4.78, 5) is 24.6. The van der Waals surface area contributed by atoms with Crippen LogP contribution in [0.15, 0.2) is 48.6 Å². The largest absolute Gasteiger partial charge is 0.466 e. The molecule has 3 N–H and O–H groups in total. The van der Waals surface area contributed by atoms with Crippen LogP contribution in [0.4, 0.5) is 0 Å². The molecule has 6 nitrogen and oxygen atoms in total. The smallest absolute Gasteiger partial charge is 0.305 e. The molecule has 0 heterocycles. The van der Waals surface area contributed by atoms with E-state index in [0.29, 0.717) is 25.9 Å². The monoisotopic (exact) mass is 1120 g/mol. The number of ether oxygens (including phenoxy) is 1. The third-order valence-corrected chi connectivity index (χ3v) is 16.6. The zero-order chi connectivity index (χ0) is 57.8. The summed E-state index contributed by atoms with van der Waals surface area (Å²) >= 11 is 0. The van der Waals surface area contributed by atoms with Crippen LogP contribution >= 0.6 is 0 Å². The molecule has 6 heteroatoms.